The molecule has 0 heterocycles. The molecule has 1 N–H and O–H groups in total. The standard InChI is InChI=1S/C13H18N2O4/c1-4-19-13(16)10(3)14-8-11-7-5-6-9(2)12(11)15(17)18/h5-7,10,14H,4,8H2,1-3H3/t10-/m1/s1. The van der Waals surface area contributed by atoms with Gasteiger partial charge in [-0.05, 0) is 20.8 Å². The zero-order valence-electron chi connectivity index (χ0n) is 11.3. The Kier molecular flexibility index (Phi) is 5.44. The number of hydrogen-bond acceptors (Lipinski definition) is 5. The first-order valence-electron chi connectivity index (χ1n) is 6.10. The number of nitro benzene ring substituents is 1. The molecule has 0 saturated carbocycles. The third-order valence-corrected chi connectivity index (χ3v) is 2.74. The van der Waals surface area contributed by atoms with Gasteiger partial charge in [-0.25, -0.2) is 0 Å². The average molecular weight is 266 g/mol. The van der Waals surface area contributed by atoms with E-state index in [1.54, 1.807) is 39.0 Å². The second-order valence-corrected chi connectivity index (χ2v) is 4.19. The Morgan fingerprint density at radius 2 is 2.21 bits per heavy atom. The maximum atomic E-state index is 11.4. The van der Waals surface area contributed by atoms with Crippen molar-refractivity contribution in [2.45, 2.75) is 33.4 Å². The van der Waals surface area contributed by atoms with Gasteiger partial charge >= 0.3 is 5.97 Å². The first kappa shape index (κ1) is 15.1. The van der Waals surface area contributed by atoms with Crippen LogP contribution < -0.4 is 5.32 Å². The number of benzene rings is 1. The number of ether oxygens (including phenoxy) is 1. The predicted molar refractivity (Wildman–Crippen MR) is 70.8 cm³/mol. The molecule has 0 unspecified atom stereocenters. The molecule has 0 fully saturated rings. The molecule has 0 radical (unpaired) electrons. The molecular weight excluding hydrogens is 248 g/mol. The molecule has 6 heteroatoms. The number of esters is 1. The van der Waals surface area contributed by atoms with Crippen molar-refractivity contribution in [2.75, 3.05) is 6.61 Å². The lowest BCUT2D eigenvalue weighted by Crippen LogP contribution is -2.35. The summed E-state index contributed by atoms with van der Waals surface area (Å²) in [6.07, 6.45) is 0. The zero-order valence-corrected chi connectivity index (χ0v) is 11.3. The molecule has 6 nitrogen and oxygen atoms in total. The summed E-state index contributed by atoms with van der Waals surface area (Å²) >= 11 is 0. The Labute approximate surface area is 111 Å². The highest BCUT2D eigenvalue weighted by atomic mass is 16.6. The van der Waals surface area contributed by atoms with E-state index in [9.17, 15) is 14.9 Å². The fourth-order valence-corrected chi connectivity index (χ4v) is 1.74. The molecule has 0 aliphatic heterocycles. The van der Waals surface area contributed by atoms with E-state index in [4.69, 9.17) is 4.74 Å². The van der Waals surface area contributed by atoms with E-state index >= 15 is 0 Å². The van der Waals surface area contributed by atoms with Crippen LogP contribution in [0.15, 0.2) is 18.2 Å². The first-order valence-corrected chi connectivity index (χ1v) is 6.10. The Hall–Kier alpha value is -1.95. The van der Waals surface area contributed by atoms with E-state index in [1.807, 2.05) is 0 Å². The van der Waals surface area contributed by atoms with E-state index < -0.39 is 11.0 Å². The molecule has 0 spiro atoms. The highest BCUT2D eigenvalue weighted by molar-refractivity contribution is 5.75. The Balaban J connectivity index is 2.76. The Morgan fingerprint density at radius 3 is 2.79 bits per heavy atom. The summed E-state index contributed by atoms with van der Waals surface area (Å²) in [5, 5.41) is 13.9. The van der Waals surface area contributed by atoms with E-state index in [1.165, 1.54) is 0 Å². The maximum Gasteiger partial charge on any atom is 0.322 e. The number of para-hydroxylation sites is 1. The van der Waals surface area contributed by atoms with Gasteiger partial charge in [-0.3, -0.25) is 14.9 Å². The quantitative estimate of drug-likeness (QED) is 0.483. The van der Waals surface area contributed by atoms with E-state index in [-0.39, 0.29) is 18.2 Å². The van der Waals surface area contributed by atoms with Gasteiger partial charge < -0.3 is 10.1 Å². The smallest absolute Gasteiger partial charge is 0.322 e. The molecule has 0 aliphatic carbocycles. The molecule has 1 aromatic rings. The number of nitrogens with zero attached hydrogens (tertiary/aromatic N) is 1. The number of nitro groups is 1. The van der Waals surface area contributed by atoms with Crippen LogP contribution in [0.5, 0.6) is 0 Å². The van der Waals surface area contributed by atoms with Crippen LogP contribution in [-0.2, 0) is 16.1 Å². The monoisotopic (exact) mass is 266 g/mol. The summed E-state index contributed by atoms with van der Waals surface area (Å²) < 4.78 is 4.86. The van der Waals surface area contributed by atoms with Crippen molar-refractivity contribution < 1.29 is 14.5 Å². The van der Waals surface area contributed by atoms with Crippen LogP contribution in [0, 0.1) is 17.0 Å². The van der Waals surface area contributed by atoms with Gasteiger partial charge in [0, 0.05) is 17.7 Å². The van der Waals surface area contributed by atoms with Crippen molar-refractivity contribution in [3.05, 3.63) is 39.4 Å². The molecule has 0 bridgehead atoms. The topological polar surface area (TPSA) is 81.5 Å². The molecule has 0 aliphatic rings. The van der Waals surface area contributed by atoms with Gasteiger partial charge in [0.05, 0.1) is 11.5 Å². The average Bonchev–Trinajstić information content (AvgIpc) is 2.35. The van der Waals surface area contributed by atoms with Crippen LogP contribution >= 0.6 is 0 Å². The van der Waals surface area contributed by atoms with Gasteiger partial charge in [-0.1, -0.05) is 18.2 Å². The van der Waals surface area contributed by atoms with Crippen molar-refractivity contribution >= 4 is 11.7 Å². The fraction of sp³-hybridized carbons (Fsp3) is 0.462. The lowest BCUT2D eigenvalue weighted by atomic mass is 10.1. The zero-order chi connectivity index (χ0) is 14.4. The third kappa shape index (κ3) is 4.03. The van der Waals surface area contributed by atoms with Crippen molar-refractivity contribution in [2.24, 2.45) is 0 Å². The highest BCUT2D eigenvalue weighted by Gasteiger charge is 2.19. The molecule has 0 aromatic heterocycles. The summed E-state index contributed by atoms with van der Waals surface area (Å²) in [6.45, 7) is 5.65. The number of rotatable bonds is 6. The molecular formula is C13H18N2O4. The lowest BCUT2D eigenvalue weighted by Gasteiger charge is -2.13. The van der Waals surface area contributed by atoms with Crippen molar-refractivity contribution in [3.63, 3.8) is 0 Å². The van der Waals surface area contributed by atoms with Gasteiger partial charge in [-0.15, -0.1) is 0 Å². The molecule has 19 heavy (non-hydrogen) atoms. The van der Waals surface area contributed by atoms with Gasteiger partial charge in [0.2, 0.25) is 0 Å². The van der Waals surface area contributed by atoms with E-state index in [0.29, 0.717) is 17.7 Å². The Bertz CT molecular complexity index is 474. The van der Waals surface area contributed by atoms with Crippen LogP contribution in [-0.4, -0.2) is 23.5 Å². The minimum atomic E-state index is -0.500. The Morgan fingerprint density at radius 1 is 1.53 bits per heavy atom. The van der Waals surface area contributed by atoms with Gasteiger partial charge in [-0.2, -0.15) is 0 Å². The third-order valence-electron chi connectivity index (χ3n) is 2.74. The summed E-state index contributed by atoms with van der Waals surface area (Å²) in [7, 11) is 0. The number of aryl methyl sites for hydroxylation is 1. The van der Waals surface area contributed by atoms with Crippen LogP contribution in [0.25, 0.3) is 0 Å². The molecule has 1 aromatic carbocycles. The normalized spacial score (nSPS) is 11.9. The highest BCUT2D eigenvalue weighted by Crippen LogP contribution is 2.22. The summed E-state index contributed by atoms with van der Waals surface area (Å²) in [6, 6.07) is 4.63. The molecule has 0 amide bonds. The second-order valence-electron chi connectivity index (χ2n) is 4.19. The van der Waals surface area contributed by atoms with Gasteiger partial charge in [0.1, 0.15) is 6.04 Å². The van der Waals surface area contributed by atoms with Crippen molar-refractivity contribution in [3.8, 4) is 0 Å². The van der Waals surface area contributed by atoms with Crippen LogP contribution in [0.3, 0.4) is 0 Å². The summed E-state index contributed by atoms with van der Waals surface area (Å²) in [5.74, 6) is -0.363. The van der Waals surface area contributed by atoms with E-state index in [0.717, 1.165) is 0 Å². The SMILES string of the molecule is CCOC(=O)[C@@H](C)NCc1cccc(C)c1[N+](=O)[O-]. The summed E-state index contributed by atoms with van der Waals surface area (Å²) in [4.78, 5) is 22.0. The van der Waals surface area contributed by atoms with Crippen LogP contribution in [0.2, 0.25) is 0 Å². The van der Waals surface area contributed by atoms with Crippen LogP contribution in [0.1, 0.15) is 25.0 Å². The minimum absolute atomic E-state index is 0.0889. The van der Waals surface area contributed by atoms with Crippen LogP contribution in [0.4, 0.5) is 5.69 Å². The maximum absolute atomic E-state index is 11.4. The number of hydrogen-bond donors (Lipinski definition) is 1. The first-order chi connectivity index (χ1) is 8.97. The predicted octanol–water partition coefficient (Wildman–Crippen LogP) is 1.94. The number of carbonyl (C=O) groups excluding carboxylic acids is 1. The lowest BCUT2D eigenvalue weighted by molar-refractivity contribution is -0.386. The number of nitrogens with one attached hydrogen (secondary N) is 1. The molecule has 104 valence electrons. The van der Waals surface area contributed by atoms with E-state index in [2.05, 4.69) is 5.32 Å². The fourth-order valence-electron chi connectivity index (χ4n) is 1.74. The minimum Gasteiger partial charge on any atom is -0.465 e. The molecule has 0 saturated heterocycles. The largest absolute Gasteiger partial charge is 0.465 e. The van der Waals surface area contributed by atoms with Gasteiger partial charge in [0.25, 0.3) is 5.69 Å². The molecule has 1 rings (SSSR count). The number of carbonyl (C=O) groups is 1. The summed E-state index contributed by atoms with van der Waals surface area (Å²) in [5.41, 5.74) is 1.25. The van der Waals surface area contributed by atoms with Crippen molar-refractivity contribution in [1.82, 2.24) is 5.32 Å². The second kappa shape index (κ2) is 6.84. The van der Waals surface area contributed by atoms with Gasteiger partial charge in [0.15, 0.2) is 0 Å². The molecule has 1 atom stereocenters. The van der Waals surface area contributed by atoms with Crippen molar-refractivity contribution in [1.29, 1.82) is 0 Å².